The number of amides is 1. The number of hydrogen-bond acceptors (Lipinski definition) is 17. The molecule has 7 N–H and O–H groups in total. The number of Topliss-reactive ketones (excluding diaryl/α,β-unsaturated/α-hetero) is 1. The van der Waals surface area contributed by atoms with Crippen LogP contribution in [0.5, 0.6) is 0 Å². The fourth-order valence-electron chi connectivity index (χ4n) is 16.6. The molecule has 78 heavy (non-hydrogen) atoms. The Bertz CT molecular complexity index is 2110. The molecule has 18 heteroatoms. The first-order chi connectivity index (χ1) is 36.3. The Morgan fingerprint density at radius 2 is 1.62 bits per heavy atom. The number of aliphatic hydroxyl groups excluding tert-OH is 4. The van der Waals surface area contributed by atoms with Crippen LogP contribution in [-0.4, -0.2) is 195 Å². The minimum atomic E-state index is -1.94. The van der Waals surface area contributed by atoms with Crippen molar-refractivity contribution >= 4 is 17.7 Å². The fourth-order valence-corrected chi connectivity index (χ4v) is 16.6. The minimum Gasteiger partial charge on any atom is -0.459 e. The van der Waals surface area contributed by atoms with Crippen molar-refractivity contribution in [2.24, 2.45) is 52.3 Å². The van der Waals surface area contributed by atoms with Crippen molar-refractivity contribution in [2.75, 3.05) is 40.8 Å². The van der Waals surface area contributed by atoms with Gasteiger partial charge in [-0.1, -0.05) is 46.3 Å². The van der Waals surface area contributed by atoms with E-state index in [0.29, 0.717) is 51.7 Å². The van der Waals surface area contributed by atoms with Gasteiger partial charge in [-0.25, -0.2) is 0 Å². The summed E-state index contributed by atoms with van der Waals surface area (Å²) in [7, 11) is 5.27. The van der Waals surface area contributed by atoms with Gasteiger partial charge in [0.05, 0.1) is 47.6 Å². The molecule has 0 radical (unpaired) electrons. The SMILES string of the molecule is CC[C@H]1OC(=O)[C@H](C)[C@@H](O[C@@H]2C[C@](C)(OC)[C@H](O)C(C)O2)[C@H](C)[C@@H](O[C@@H]2O[C@H](C)C[C@@H](N(C)C)[C@H]2O)[C@](C)(O)C[C@@H](C)CN(CCCNC(=O)[C@H]2CCC3C4CC=C5CC(=O)CC[C@]5(C)C4[C@@H](O)C[C@@]32C)[C@H](C)[C@@H](O)[C@]1(C)O. The van der Waals surface area contributed by atoms with E-state index in [0.717, 1.165) is 25.7 Å². The fraction of sp³-hybridized carbons (Fsp3) is 0.917. The van der Waals surface area contributed by atoms with E-state index in [9.17, 15) is 45.0 Å². The lowest BCUT2D eigenvalue weighted by Crippen LogP contribution is -2.60. The molecule has 7 rings (SSSR count). The summed E-state index contributed by atoms with van der Waals surface area (Å²) in [5.74, 6) is -2.36. The molecule has 25 atom stereocenters. The number of carbonyl (C=O) groups is 3. The molecule has 4 unspecified atom stereocenters. The summed E-state index contributed by atoms with van der Waals surface area (Å²) < 4.78 is 38.4. The molecule has 3 heterocycles. The van der Waals surface area contributed by atoms with Gasteiger partial charge in [-0.05, 0) is 155 Å². The van der Waals surface area contributed by atoms with Crippen molar-refractivity contribution in [2.45, 2.75) is 257 Å². The zero-order chi connectivity index (χ0) is 57.8. The summed E-state index contributed by atoms with van der Waals surface area (Å²) in [5, 5.41) is 75.9. The molecule has 448 valence electrons. The second kappa shape index (κ2) is 24.6. The van der Waals surface area contributed by atoms with E-state index in [2.05, 4.69) is 30.1 Å². The maximum Gasteiger partial charge on any atom is 0.311 e. The Balaban J connectivity index is 1.13. The molecule has 0 aromatic heterocycles. The van der Waals surface area contributed by atoms with E-state index >= 15 is 0 Å². The van der Waals surface area contributed by atoms with Crippen LogP contribution in [-0.2, 0) is 42.8 Å². The van der Waals surface area contributed by atoms with Crippen LogP contribution in [0, 0.1) is 52.3 Å². The number of ether oxygens (including phenoxy) is 6. The number of methoxy groups -OCH3 is 1. The lowest BCUT2D eigenvalue weighted by atomic mass is 9.46. The molecule has 1 amide bonds. The predicted molar refractivity (Wildman–Crippen MR) is 292 cm³/mol. The minimum absolute atomic E-state index is 0.0258. The summed E-state index contributed by atoms with van der Waals surface area (Å²) in [6.45, 7) is 23.1. The van der Waals surface area contributed by atoms with Gasteiger partial charge in [0.1, 0.15) is 35.8 Å². The molecular weight excluding hydrogens is 1000 g/mol. The van der Waals surface area contributed by atoms with Gasteiger partial charge >= 0.3 is 5.97 Å². The van der Waals surface area contributed by atoms with Crippen LogP contribution in [0.3, 0.4) is 0 Å². The first-order valence-electron chi connectivity index (χ1n) is 29.8. The zero-order valence-corrected chi connectivity index (χ0v) is 50.0. The standard InChI is InChI=1S/C60H103N3O15/c1-16-45-60(12,72)50(67)36(6)63(25-17-24-61-53(69)42-21-20-41-40-19-18-38-27-39(64)22-23-56(38,8)47(40)44(65)29-57(41,42)9)31-32(2)28-58(10,71)52(78-55-48(66)43(62(13)14)26-33(3)74-55)34(4)49(35(5)54(70)76-45)77-46-30-59(11,73-15)51(68)37(7)75-46/h18,32-37,40-52,55,65-68,71-72H,16-17,19-31H2,1-15H3,(H,61,69)/t32-,33-,34+,35-,36-,37?,40?,41?,42-,43-,44+,45-,46-,47?,48-,49+,50-,51-,52-,55+,56+,57+,58-,59+,60-/m1/s1. The van der Waals surface area contributed by atoms with Crippen molar-refractivity contribution in [3.63, 3.8) is 0 Å². The number of nitrogens with one attached hydrogen (secondary N) is 1. The highest BCUT2D eigenvalue weighted by atomic mass is 16.7. The lowest BCUT2D eigenvalue weighted by Gasteiger charge is -2.59. The van der Waals surface area contributed by atoms with E-state index < -0.39 is 102 Å². The number of fused-ring (bicyclic) bond motifs is 5. The van der Waals surface area contributed by atoms with E-state index in [-0.39, 0.29) is 83.5 Å². The molecule has 3 saturated carbocycles. The number of ketones is 1. The van der Waals surface area contributed by atoms with Gasteiger partial charge < -0.3 is 69.3 Å². The number of hydrogen-bond donors (Lipinski definition) is 7. The number of aliphatic hydroxyl groups is 6. The van der Waals surface area contributed by atoms with Crippen LogP contribution < -0.4 is 5.32 Å². The van der Waals surface area contributed by atoms with Crippen molar-refractivity contribution < 1.29 is 73.4 Å². The van der Waals surface area contributed by atoms with Crippen LogP contribution in [0.25, 0.3) is 0 Å². The summed E-state index contributed by atoms with van der Waals surface area (Å²) in [4.78, 5) is 45.5. The Hall–Kier alpha value is -2.17. The van der Waals surface area contributed by atoms with E-state index in [1.54, 1.807) is 34.6 Å². The number of cyclic esters (lactones) is 1. The van der Waals surface area contributed by atoms with Crippen LogP contribution in [0.1, 0.15) is 160 Å². The van der Waals surface area contributed by atoms with Crippen molar-refractivity contribution in [3.05, 3.63) is 11.6 Å². The molecular formula is C60H103N3O15. The van der Waals surface area contributed by atoms with Crippen molar-refractivity contribution in [3.8, 4) is 0 Å². The molecule has 3 saturated heterocycles. The van der Waals surface area contributed by atoms with Crippen LogP contribution in [0.4, 0.5) is 0 Å². The normalized spacial score (nSPS) is 49.1. The quantitative estimate of drug-likeness (QED) is 0.0781. The maximum atomic E-state index is 14.7. The van der Waals surface area contributed by atoms with Gasteiger partial charge in [0.15, 0.2) is 12.6 Å². The number of allylic oxidation sites excluding steroid dienone is 2. The summed E-state index contributed by atoms with van der Waals surface area (Å²) in [5.41, 5.74) is -4.09. The topological polar surface area (TPSA) is 246 Å². The van der Waals surface area contributed by atoms with Gasteiger partial charge in [-0.15, -0.1) is 0 Å². The monoisotopic (exact) mass is 1110 g/mol. The van der Waals surface area contributed by atoms with Gasteiger partial charge in [0.25, 0.3) is 0 Å². The van der Waals surface area contributed by atoms with E-state index in [4.69, 9.17) is 28.4 Å². The molecule has 4 aliphatic carbocycles. The first kappa shape index (κ1) is 63.4. The Kier molecular flexibility index (Phi) is 20.0. The predicted octanol–water partition coefficient (Wildman–Crippen LogP) is 4.90. The van der Waals surface area contributed by atoms with Gasteiger partial charge in [0.2, 0.25) is 5.91 Å². The highest BCUT2D eigenvalue weighted by Crippen LogP contribution is 2.66. The number of likely N-dealkylation sites (N-methyl/N-ethyl adjacent to an activating group) is 1. The smallest absolute Gasteiger partial charge is 0.311 e. The third kappa shape index (κ3) is 12.5. The molecule has 18 nitrogen and oxygen atoms in total. The molecule has 0 aromatic carbocycles. The first-order valence-corrected chi connectivity index (χ1v) is 29.8. The Labute approximate surface area is 466 Å². The summed E-state index contributed by atoms with van der Waals surface area (Å²) in [6.07, 6.45) is -2.19. The second-order valence-electron chi connectivity index (χ2n) is 27.2. The number of nitrogens with zero attached hydrogens (tertiary/aromatic N) is 2. The third-order valence-corrected chi connectivity index (χ3v) is 21.1. The second-order valence-corrected chi connectivity index (χ2v) is 27.2. The molecule has 7 aliphatic rings. The number of esters is 1. The lowest BCUT2D eigenvalue weighted by molar-refractivity contribution is -0.318. The molecule has 0 spiro atoms. The zero-order valence-electron chi connectivity index (χ0n) is 50.0. The van der Waals surface area contributed by atoms with Crippen LogP contribution in [0.2, 0.25) is 0 Å². The van der Waals surface area contributed by atoms with Crippen LogP contribution in [0.15, 0.2) is 11.6 Å². The van der Waals surface area contributed by atoms with Crippen LogP contribution >= 0.6 is 0 Å². The van der Waals surface area contributed by atoms with E-state index in [1.165, 1.54) is 19.6 Å². The largest absolute Gasteiger partial charge is 0.459 e. The number of carbonyl (C=O) groups excluding carboxylic acids is 3. The van der Waals surface area contributed by atoms with Gasteiger partial charge in [-0.3, -0.25) is 19.3 Å². The summed E-state index contributed by atoms with van der Waals surface area (Å²) in [6, 6.07) is -1.03. The van der Waals surface area contributed by atoms with Gasteiger partial charge in [0, 0.05) is 69.9 Å². The van der Waals surface area contributed by atoms with E-state index in [1.807, 2.05) is 46.7 Å². The molecule has 6 fully saturated rings. The molecule has 0 aromatic rings. The molecule has 3 aliphatic heterocycles. The number of rotatable bonds is 12. The highest BCUT2D eigenvalue weighted by molar-refractivity contribution is 5.83. The Morgan fingerprint density at radius 3 is 2.27 bits per heavy atom. The average molecular weight is 1110 g/mol. The van der Waals surface area contributed by atoms with Crippen molar-refractivity contribution in [1.29, 1.82) is 0 Å². The Morgan fingerprint density at radius 1 is 0.923 bits per heavy atom. The maximum absolute atomic E-state index is 14.7. The van der Waals surface area contributed by atoms with Crippen molar-refractivity contribution in [1.82, 2.24) is 15.1 Å². The third-order valence-electron chi connectivity index (χ3n) is 21.1. The highest BCUT2D eigenvalue weighted by Gasteiger charge is 2.63. The average Bonchev–Trinajstić information content (AvgIpc) is 3.75. The van der Waals surface area contributed by atoms with Gasteiger partial charge in [-0.2, -0.15) is 0 Å². The summed E-state index contributed by atoms with van der Waals surface area (Å²) >= 11 is 0. The molecule has 0 bridgehead atoms.